The minimum absolute atomic E-state index is 0.216. The molecule has 1 aromatic rings. The Balaban J connectivity index is 2.21. The molecule has 104 valence electrons. The van der Waals surface area contributed by atoms with Crippen LogP contribution in [0.3, 0.4) is 0 Å². The van der Waals surface area contributed by atoms with Crippen LogP contribution in [0.1, 0.15) is 49.7 Å². The zero-order valence-corrected chi connectivity index (χ0v) is 12.0. The summed E-state index contributed by atoms with van der Waals surface area (Å²) in [5.74, 6) is 0. The van der Waals surface area contributed by atoms with Crippen LogP contribution in [0.15, 0.2) is 18.2 Å². The molecule has 0 aliphatic heterocycles. The van der Waals surface area contributed by atoms with Crippen LogP contribution in [-0.4, -0.2) is 17.3 Å². The van der Waals surface area contributed by atoms with E-state index in [1.165, 1.54) is 11.1 Å². The van der Waals surface area contributed by atoms with E-state index in [0.29, 0.717) is 6.54 Å². The SMILES string of the molecule is NCCC12CCCCC1(O)CCc1cccc(Cl)c12. The number of nitrogens with two attached hydrogens (primary N) is 1. The molecule has 2 aliphatic carbocycles. The molecule has 0 aromatic heterocycles. The second kappa shape index (κ2) is 4.76. The Morgan fingerprint density at radius 3 is 2.79 bits per heavy atom. The highest BCUT2D eigenvalue weighted by atomic mass is 35.5. The van der Waals surface area contributed by atoms with Gasteiger partial charge in [0.1, 0.15) is 0 Å². The number of rotatable bonds is 2. The summed E-state index contributed by atoms with van der Waals surface area (Å²) in [6.07, 6.45) is 6.78. The minimum atomic E-state index is -0.609. The van der Waals surface area contributed by atoms with Crippen molar-refractivity contribution in [3.63, 3.8) is 0 Å². The third-order valence-electron chi connectivity index (χ3n) is 5.29. The van der Waals surface area contributed by atoms with E-state index in [0.717, 1.165) is 50.0 Å². The summed E-state index contributed by atoms with van der Waals surface area (Å²) in [6.45, 7) is 0.604. The Bertz CT molecular complexity index is 486. The van der Waals surface area contributed by atoms with Crippen molar-refractivity contribution in [2.75, 3.05) is 6.54 Å². The van der Waals surface area contributed by atoms with Crippen molar-refractivity contribution in [3.8, 4) is 0 Å². The Kier molecular flexibility index (Phi) is 3.36. The predicted molar refractivity (Wildman–Crippen MR) is 78.5 cm³/mol. The number of aryl methyl sites for hydroxylation is 1. The summed E-state index contributed by atoms with van der Waals surface area (Å²) in [5, 5.41) is 12.0. The average molecular weight is 280 g/mol. The van der Waals surface area contributed by atoms with Gasteiger partial charge in [-0.2, -0.15) is 0 Å². The van der Waals surface area contributed by atoms with Gasteiger partial charge in [0.15, 0.2) is 0 Å². The van der Waals surface area contributed by atoms with E-state index >= 15 is 0 Å². The Hall–Kier alpha value is -0.570. The molecule has 1 aromatic carbocycles. The summed E-state index contributed by atoms with van der Waals surface area (Å²) in [5.41, 5.74) is 7.55. The third-order valence-corrected chi connectivity index (χ3v) is 5.61. The fourth-order valence-corrected chi connectivity index (χ4v) is 4.80. The van der Waals surface area contributed by atoms with Gasteiger partial charge < -0.3 is 10.8 Å². The van der Waals surface area contributed by atoms with Crippen LogP contribution in [0.25, 0.3) is 0 Å². The fraction of sp³-hybridized carbons (Fsp3) is 0.625. The Labute approximate surface area is 120 Å². The van der Waals surface area contributed by atoms with Gasteiger partial charge in [-0.1, -0.05) is 36.6 Å². The molecule has 1 fully saturated rings. The normalized spacial score (nSPS) is 33.6. The zero-order valence-electron chi connectivity index (χ0n) is 11.3. The van der Waals surface area contributed by atoms with E-state index in [1.54, 1.807) is 0 Å². The molecule has 0 radical (unpaired) electrons. The lowest BCUT2D eigenvalue weighted by Crippen LogP contribution is -2.57. The first-order chi connectivity index (χ1) is 9.13. The summed E-state index contributed by atoms with van der Waals surface area (Å²) in [4.78, 5) is 0. The van der Waals surface area contributed by atoms with Gasteiger partial charge in [-0.05, 0) is 55.8 Å². The zero-order chi connectivity index (χ0) is 13.5. The van der Waals surface area contributed by atoms with E-state index in [2.05, 4.69) is 6.07 Å². The van der Waals surface area contributed by atoms with Crippen LogP contribution >= 0.6 is 11.6 Å². The van der Waals surface area contributed by atoms with Crippen molar-refractivity contribution >= 4 is 11.6 Å². The fourth-order valence-electron chi connectivity index (χ4n) is 4.42. The first-order valence-electron chi connectivity index (χ1n) is 7.33. The first kappa shape index (κ1) is 13.4. The van der Waals surface area contributed by atoms with Crippen LogP contribution in [0.2, 0.25) is 5.02 Å². The molecule has 19 heavy (non-hydrogen) atoms. The van der Waals surface area contributed by atoms with Gasteiger partial charge in [0.2, 0.25) is 0 Å². The maximum absolute atomic E-state index is 11.2. The molecule has 1 saturated carbocycles. The van der Waals surface area contributed by atoms with Crippen LogP contribution < -0.4 is 5.73 Å². The lowest BCUT2D eigenvalue weighted by atomic mass is 9.53. The van der Waals surface area contributed by atoms with Crippen molar-refractivity contribution < 1.29 is 5.11 Å². The van der Waals surface area contributed by atoms with Gasteiger partial charge >= 0.3 is 0 Å². The van der Waals surface area contributed by atoms with Gasteiger partial charge in [0.25, 0.3) is 0 Å². The molecule has 2 unspecified atom stereocenters. The monoisotopic (exact) mass is 279 g/mol. The first-order valence-corrected chi connectivity index (χ1v) is 7.71. The lowest BCUT2D eigenvalue weighted by Gasteiger charge is -2.55. The lowest BCUT2D eigenvalue weighted by molar-refractivity contribution is -0.0861. The van der Waals surface area contributed by atoms with Gasteiger partial charge in [-0.25, -0.2) is 0 Å². The van der Waals surface area contributed by atoms with Crippen molar-refractivity contribution in [2.45, 2.75) is 56.0 Å². The number of hydrogen-bond donors (Lipinski definition) is 2. The number of aliphatic hydroxyl groups is 1. The summed E-state index contributed by atoms with van der Waals surface area (Å²) >= 11 is 6.50. The maximum atomic E-state index is 11.2. The third kappa shape index (κ3) is 1.84. The second-order valence-corrected chi connectivity index (χ2v) is 6.54. The van der Waals surface area contributed by atoms with Crippen LogP contribution in [0.4, 0.5) is 0 Å². The molecule has 0 saturated heterocycles. The number of fused-ring (bicyclic) bond motifs is 3. The van der Waals surface area contributed by atoms with Crippen LogP contribution in [0.5, 0.6) is 0 Å². The van der Waals surface area contributed by atoms with Crippen LogP contribution in [0, 0.1) is 0 Å². The highest BCUT2D eigenvalue weighted by molar-refractivity contribution is 6.31. The van der Waals surface area contributed by atoms with Crippen LogP contribution in [-0.2, 0) is 11.8 Å². The molecule has 0 heterocycles. The highest BCUT2D eigenvalue weighted by Gasteiger charge is 2.55. The Morgan fingerprint density at radius 2 is 2.00 bits per heavy atom. The van der Waals surface area contributed by atoms with Gasteiger partial charge in [-0.3, -0.25) is 0 Å². The molecule has 2 nitrogen and oxygen atoms in total. The maximum Gasteiger partial charge on any atom is 0.0748 e. The molecule has 0 bridgehead atoms. The average Bonchev–Trinajstić information content (AvgIpc) is 2.40. The van der Waals surface area contributed by atoms with E-state index in [4.69, 9.17) is 17.3 Å². The minimum Gasteiger partial charge on any atom is -0.389 e. The molecule has 0 amide bonds. The molecule has 3 heteroatoms. The summed E-state index contributed by atoms with van der Waals surface area (Å²) in [7, 11) is 0. The van der Waals surface area contributed by atoms with Crippen molar-refractivity contribution in [1.29, 1.82) is 0 Å². The van der Waals surface area contributed by atoms with Crippen molar-refractivity contribution in [1.82, 2.24) is 0 Å². The quantitative estimate of drug-likeness (QED) is 0.873. The molecular weight excluding hydrogens is 258 g/mol. The molecule has 3 N–H and O–H groups in total. The van der Waals surface area contributed by atoms with E-state index in [1.807, 2.05) is 12.1 Å². The second-order valence-electron chi connectivity index (χ2n) is 6.13. The highest BCUT2D eigenvalue weighted by Crippen LogP contribution is 2.56. The number of hydrogen-bond acceptors (Lipinski definition) is 2. The molecule has 3 rings (SSSR count). The smallest absolute Gasteiger partial charge is 0.0748 e. The molecule has 2 atom stereocenters. The van der Waals surface area contributed by atoms with Crippen molar-refractivity contribution in [2.24, 2.45) is 5.73 Å². The van der Waals surface area contributed by atoms with Gasteiger partial charge in [0, 0.05) is 10.4 Å². The summed E-state index contributed by atoms with van der Waals surface area (Å²) in [6, 6.07) is 6.14. The molecule has 2 aliphatic rings. The standard InChI is InChI=1S/C16H22ClNO/c17-13-5-3-4-12-6-9-16(19)8-2-1-7-15(16,10-11-18)14(12)13/h3-5,19H,1-2,6-11,18H2. The van der Waals surface area contributed by atoms with Gasteiger partial charge in [0.05, 0.1) is 5.60 Å². The predicted octanol–water partition coefficient (Wildman–Crippen LogP) is 3.18. The van der Waals surface area contributed by atoms with E-state index in [9.17, 15) is 5.11 Å². The summed E-state index contributed by atoms with van der Waals surface area (Å²) < 4.78 is 0. The van der Waals surface area contributed by atoms with E-state index in [-0.39, 0.29) is 5.41 Å². The van der Waals surface area contributed by atoms with Crippen molar-refractivity contribution in [3.05, 3.63) is 34.3 Å². The molecular formula is C16H22ClNO. The number of benzene rings is 1. The largest absolute Gasteiger partial charge is 0.389 e. The topological polar surface area (TPSA) is 46.2 Å². The van der Waals surface area contributed by atoms with Gasteiger partial charge in [-0.15, -0.1) is 0 Å². The molecule has 0 spiro atoms. The Morgan fingerprint density at radius 1 is 1.21 bits per heavy atom. The number of halogens is 1. The van der Waals surface area contributed by atoms with E-state index < -0.39 is 5.60 Å².